The number of aromatic nitrogens is 4. The van der Waals surface area contributed by atoms with E-state index >= 15 is 0 Å². The average molecular weight is 486 g/mol. The molecule has 5 rings (SSSR count). The summed E-state index contributed by atoms with van der Waals surface area (Å²) >= 11 is 2.45. The van der Waals surface area contributed by atoms with Gasteiger partial charge in [-0.2, -0.15) is 4.40 Å². The molecule has 0 amide bonds. The number of aromatic hydroxyl groups is 1. The van der Waals surface area contributed by atoms with Gasteiger partial charge in [0.2, 0.25) is 0 Å². The Balaban J connectivity index is 1.41. The number of fused-ring (bicyclic) bond motifs is 1. The van der Waals surface area contributed by atoms with Gasteiger partial charge in [0.1, 0.15) is 5.69 Å². The molecule has 0 radical (unpaired) electrons. The molecule has 0 atom stereocenters. The Morgan fingerprint density at radius 1 is 0.912 bits per heavy atom. The first-order valence-electron chi connectivity index (χ1n) is 10.7. The number of ketones is 1. The zero-order valence-corrected chi connectivity index (χ0v) is 20.2. The summed E-state index contributed by atoms with van der Waals surface area (Å²) in [5.41, 5.74) is 5.23. The van der Waals surface area contributed by atoms with E-state index in [0.717, 1.165) is 33.9 Å². The quantitative estimate of drug-likeness (QED) is 0.152. The van der Waals surface area contributed by atoms with E-state index in [2.05, 4.69) is 15.0 Å². The van der Waals surface area contributed by atoms with Crippen molar-refractivity contribution < 1.29 is 14.3 Å². The molecule has 0 bridgehead atoms. The Kier molecular flexibility index (Phi) is 6.08. The summed E-state index contributed by atoms with van der Waals surface area (Å²) in [6.07, 6.45) is 0. The standard InChI is InChI=1S/C26H20N4O2S2/c1-16-13-20(18-9-5-3-6-10-18)28-25(27-16)33-15-22(31)23-24(32)30-17(2)14-21(29-26(30)34-23)19-11-7-4-8-12-19/h3-14H,15H2,1-2H3/p+1. The van der Waals surface area contributed by atoms with Crippen LogP contribution < -0.4 is 4.40 Å². The summed E-state index contributed by atoms with van der Waals surface area (Å²) in [5.74, 6) is -0.154. The van der Waals surface area contributed by atoms with Gasteiger partial charge in [-0.05, 0) is 36.2 Å². The van der Waals surface area contributed by atoms with Crippen LogP contribution in [0.25, 0.3) is 27.5 Å². The number of benzene rings is 2. The van der Waals surface area contributed by atoms with E-state index in [1.54, 1.807) is 4.40 Å². The lowest BCUT2D eigenvalue weighted by atomic mass is 10.1. The minimum atomic E-state index is -0.190. The predicted octanol–water partition coefficient (Wildman–Crippen LogP) is 5.30. The number of thiazole rings is 1. The first kappa shape index (κ1) is 22.2. The smallest absolute Gasteiger partial charge is 0.391 e. The first-order chi connectivity index (χ1) is 16.5. The Hall–Kier alpha value is -3.62. The van der Waals surface area contributed by atoms with E-state index < -0.39 is 0 Å². The highest BCUT2D eigenvalue weighted by Crippen LogP contribution is 2.28. The summed E-state index contributed by atoms with van der Waals surface area (Å²) in [7, 11) is 0. The van der Waals surface area contributed by atoms with E-state index in [1.165, 1.54) is 23.1 Å². The molecule has 0 aliphatic heterocycles. The van der Waals surface area contributed by atoms with Crippen LogP contribution in [0.1, 0.15) is 21.1 Å². The topological polar surface area (TPSA) is 80.1 Å². The molecule has 6 nitrogen and oxygen atoms in total. The first-order valence-corrected chi connectivity index (χ1v) is 12.5. The van der Waals surface area contributed by atoms with Crippen molar-refractivity contribution in [3.05, 3.63) is 89.1 Å². The lowest BCUT2D eigenvalue weighted by Crippen LogP contribution is -2.25. The summed E-state index contributed by atoms with van der Waals surface area (Å²) in [6.45, 7) is 3.80. The molecule has 2 aromatic carbocycles. The minimum Gasteiger partial charge on any atom is -0.476 e. The van der Waals surface area contributed by atoms with Crippen LogP contribution in [0.5, 0.6) is 5.88 Å². The number of Topliss-reactive ketones (excluding diaryl/α,β-unsaturated/α-hetero) is 1. The van der Waals surface area contributed by atoms with Crippen molar-refractivity contribution in [1.29, 1.82) is 0 Å². The van der Waals surface area contributed by atoms with Crippen LogP contribution >= 0.6 is 23.1 Å². The summed E-state index contributed by atoms with van der Waals surface area (Å²) in [4.78, 5) is 27.7. The van der Waals surface area contributed by atoms with E-state index in [4.69, 9.17) is 0 Å². The fraction of sp³-hybridized carbons (Fsp3) is 0.115. The van der Waals surface area contributed by atoms with Crippen LogP contribution in [0, 0.1) is 13.8 Å². The molecule has 34 heavy (non-hydrogen) atoms. The van der Waals surface area contributed by atoms with Gasteiger partial charge in [0.15, 0.2) is 21.5 Å². The highest BCUT2D eigenvalue weighted by atomic mass is 32.2. The molecule has 8 heteroatoms. The fourth-order valence-corrected chi connectivity index (χ4v) is 5.54. The van der Waals surface area contributed by atoms with Crippen molar-refractivity contribution in [3.63, 3.8) is 0 Å². The molecule has 168 valence electrons. The molecule has 0 unspecified atom stereocenters. The molecule has 3 heterocycles. The summed E-state index contributed by atoms with van der Waals surface area (Å²) in [5, 5.41) is 11.3. The summed E-state index contributed by atoms with van der Waals surface area (Å²) < 4.78 is 1.62. The number of carbonyl (C=O) groups excluding carboxylic acids is 1. The average Bonchev–Trinajstić information content (AvgIpc) is 3.20. The van der Waals surface area contributed by atoms with Crippen LogP contribution in [-0.4, -0.2) is 31.6 Å². The molecular formula is C26H21N4O2S2+. The van der Waals surface area contributed by atoms with Gasteiger partial charge in [0.05, 0.1) is 11.4 Å². The monoisotopic (exact) mass is 485 g/mol. The molecule has 0 saturated heterocycles. The molecular weight excluding hydrogens is 464 g/mol. The van der Waals surface area contributed by atoms with Crippen LogP contribution in [-0.2, 0) is 0 Å². The Bertz CT molecular complexity index is 1500. The second kappa shape index (κ2) is 9.32. The largest absolute Gasteiger partial charge is 0.476 e. The van der Waals surface area contributed by atoms with Gasteiger partial charge in [-0.3, -0.25) is 4.79 Å². The highest BCUT2D eigenvalue weighted by molar-refractivity contribution is 7.99. The molecule has 3 aromatic heterocycles. The van der Waals surface area contributed by atoms with Gasteiger partial charge in [-0.15, -0.1) is 0 Å². The van der Waals surface area contributed by atoms with Crippen molar-refractivity contribution in [2.24, 2.45) is 0 Å². The van der Waals surface area contributed by atoms with Gasteiger partial charge < -0.3 is 5.11 Å². The molecule has 5 aromatic rings. The van der Waals surface area contributed by atoms with Crippen molar-refractivity contribution >= 4 is 33.8 Å². The predicted molar refractivity (Wildman–Crippen MR) is 134 cm³/mol. The molecule has 1 N–H and O–H groups in total. The number of carbonyl (C=O) groups is 1. The maximum absolute atomic E-state index is 13.0. The third kappa shape index (κ3) is 4.42. The van der Waals surface area contributed by atoms with E-state index in [9.17, 15) is 9.90 Å². The van der Waals surface area contributed by atoms with Crippen molar-refractivity contribution in [2.75, 3.05) is 5.75 Å². The van der Waals surface area contributed by atoms with Crippen molar-refractivity contribution in [1.82, 2.24) is 15.0 Å². The van der Waals surface area contributed by atoms with Crippen molar-refractivity contribution in [3.8, 4) is 28.4 Å². The van der Waals surface area contributed by atoms with Crippen molar-refractivity contribution in [2.45, 2.75) is 19.0 Å². The van der Waals surface area contributed by atoms with E-state index in [-0.39, 0.29) is 22.3 Å². The lowest BCUT2D eigenvalue weighted by Gasteiger charge is -2.05. The Labute approximate surface area is 205 Å². The third-order valence-electron chi connectivity index (χ3n) is 5.27. The molecule has 0 saturated carbocycles. The van der Waals surface area contributed by atoms with Gasteiger partial charge in [0, 0.05) is 22.9 Å². The van der Waals surface area contributed by atoms with Crippen LogP contribution in [0.3, 0.4) is 0 Å². The number of aryl methyl sites for hydroxylation is 2. The zero-order valence-electron chi connectivity index (χ0n) is 18.6. The van der Waals surface area contributed by atoms with E-state index in [0.29, 0.717) is 10.1 Å². The second-order valence-corrected chi connectivity index (χ2v) is 9.70. The van der Waals surface area contributed by atoms with Gasteiger partial charge in [-0.1, -0.05) is 72.4 Å². The number of rotatable bonds is 6. The second-order valence-electron chi connectivity index (χ2n) is 7.78. The Morgan fingerprint density at radius 2 is 1.53 bits per heavy atom. The lowest BCUT2D eigenvalue weighted by molar-refractivity contribution is -0.528. The minimum absolute atomic E-state index is 0.0784. The highest BCUT2D eigenvalue weighted by Gasteiger charge is 2.27. The van der Waals surface area contributed by atoms with Gasteiger partial charge in [-0.25, -0.2) is 9.97 Å². The normalized spacial score (nSPS) is 11.1. The number of nitrogens with zero attached hydrogens (tertiary/aromatic N) is 4. The molecule has 0 aliphatic carbocycles. The van der Waals surface area contributed by atoms with E-state index in [1.807, 2.05) is 86.6 Å². The van der Waals surface area contributed by atoms with Gasteiger partial charge in [0.25, 0.3) is 0 Å². The number of hydrogen-bond donors (Lipinski definition) is 1. The number of hydrogen-bond acceptors (Lipinski definition) is 7. The maximum atomic E-state index is 13.0. The SMILES string of the molecule is Cc1cc(-c2ccccc2)nc(SCC(=O)c2sc3nc(-c4ccccc4)cc(C)[n+]3c2O)n1. The maximum Gasteiger partial charge on any atom is 0.391 e. The number of thioether (sulfide) groups is 1. The molecule has 0 aliphatic rings. The van der Waals surface area contributed by atoms with Crippen LogP contribution in [0.4, 0.5) is 0 Å². The van der Waals surface area contributed by atoms with Crippen LogP contribution in [0.15, 0.2) is 78.0 Å². The zero-order chi connectivity index (χ0) is 23.7. The Morgan fingerprint density at radius 3 is 2.18 bits per heavy atom. The third-order valence-corrected chi connectivity index (χ3v) is 7.19. The summed E-state index contributed by atoms with van der Waals surface area (Å²) in [6, 6.07) is 23.5. The van der Waals surface area contributed by atoms with Gasteiger partial charge >= 0.3 is 10.8 Å². The molecule has 0 spiro atoms. The van der Waals surface area contributed by atoms with Crippen LogP contribution in [0.2, 0.25) is 0 Å². The fourth-order valence-electron chi connectivity index (χ4n) is 3.66. The molecule has 0 fully saturated rings.